The fourth-order valence-electron chi connectivity index (χ4n) is 17.2. The summed E-state index contributed by atoms with van der Waals surface area (Å²) >= 11 is 0. The first-order chi connectivity index (χ1) is 35.6. The number of aliphatic hydroxyl groups excluding tert-OH is 11. The number of hydrogen-bond donors (Lipinski definition) is 12. The summed E-state index contributed by atoms with van der Waals surface area (Å²) in [5.41, 5.74) is -1.06. The molecule has 6 saturated heterocycles. The molecule has 0 aromatic heterocycles. The van der Waals surface area contributed by atoms with Gasteiger partial charge in [-0.25, -0.2) is 0 Å². The molecular formula is C54H88O22. The smallest absolute Gasteiger partial charge is 0.187 e. The van der Waals surface area contributed by atoms with Crippen LogP contribution in [0.1, 0.15) is 107 Å². The van der Waals surface area contributed by atoms with E-state index in [0.717, 1.165) is 44.1 Å². The summed E-state index contributed by atoms with van der Waals surface area (Å²) in [6, 6.07) is 0. The number of rotatable bonds is 13. The minimum atomic E-state index is -1.98. The zero-order chi connectivity index (χ0) is 55.1. The van der Waals surface area contributed by atoms with Gasteiger partial charge in [0.05, 0.1) is 50.3 Å². The Morgan fingerprint density at radius 3 is 2.01 bits per heavy atom. The van der Waals surface area contributed by atoms with E-state index in [-0.39, 0.29) is 52.6 Å². The summed E-state index contributed by atoms with van der Waals surface area (Å²) in [7, 11) is 0. The molecular weight excluding hydrogens is 1000 g/mol. The van der Waals surface area contributed by atoms with Crippen molar-refractivity contribution < 1.29 is 109 Å². The van der Waals surface area contributed by atoms with Crippen molar-refractivity contribution in [2.75, 3.05) is 26.4 Å². The molecule has 0 radical (unpaired) electrons. The van der Waals surface area contributed by atoms with Crippen LogP contribution in [-0.4, -0.2) is 228 Å². The number of aliphatic hydroxyl groups is 12. The van der Waals surface area contributed by atoms with Gasteiger partial charge in [-0.3, -0.25) is 0 Å². The molecule has 0 unspecified atom stereocenters. The Labute approximate surface area is 444 Å². The van der Waals surface area contributed by atoms with Crippen molar-refractivity contribution in [1.29, 1.82) is 0 Å². The van der Waals surface area contributed by atoms with E-state index in [4.69, 9.17) is 47.4 Å². The fraction of sp³-hybridized carbons (Fsp3) is 0.963. The van der Waals surface area contributed by atoms with E-state index in [2.05, 4.69) is 41.2 Å². The van der Waals surface area contributed by atoms with Gasteiger partial charge in [0.1, 0.15) is 85.5 Å². The Morgan fingerprint density at radius 2 is 1.33 bits per heavy atom. The third-order valence-electron chi connectivity index (χ3n) is 21.7. The average molecular weight is 1090 g/mol. The summed E-state index contributed by atoms with van der Waals surface area (Å²) in [5.74, 6) is -0.168. The summed E-state index contributed by atoms with van der Waals surface area (Å²) in [6.45, 7) is 19.8. The van der Waals surface area contributed by atoms with Crippen molar-refractivity contribution in [1.82, 2.24) is 0 Å². The van der Waals surface area contributed by atoms with Crippen LogP contribution in [0.3, 0.4) is 0 Å². The quantitative estimate of drug-likeness (QED) is 0.0783. The molecule has 10 rings (SSSR count). The van der Waals surface area contributed by atoms with Crippen LogP contribution in [0.5, 0.6) is 0 Å². The normalized spacial score (nSPS) is 57.0. The minimum absolute atomic E-state index is 0.121. The van der Waals surface area contributed by atoms with Crippen molar-refractivity contribution in [2.45, 2.75) is 247 Å². The van der Waals surface area contributed by atoms with Crippen LogP contribution in [0.15, 0.2) is 12.2 Å². The molecule has 22 nitrogen and oxygen atoms in total. The molecule has 31 atom stereocenters. The number of fused-ring (bicyclic) bond motifs is 4. The highest BCUT2D eigenvalue weighted by Gasteiger charge is 2.83. The maximum absolute atomic E-state index is 12.5. The number of allylic oxidation sites excluding steroid dienone is 1. The largest absolute Gasteiger partial charge is 0.394 e. The van der Waals surface area contributed by atoms with E-state index in [0.29, 0.717) is 25.4 Å². The Kier molecular flexibility index (Phi) is 15.8. The molecule has 22 heteroatoms. The van der Waals surface area contributed by atoms with Crippen LogP contribution in [0.2, 0.25) is 0 Å². The molecule has 0 aromatic rings. The molecule has 12 N–H and O–H groups in total. The van der Waals surface area contributed by atoms with E-state index in [1.807, 2.05) is 13.8 Å². The van der Waals surface area contributed by atoms with E-state index in [1.54, 1.807) is 0 Å². The highest BCUT2D eigenvalue weighted by molar-refractivity contribution is 5.27. The maximum Gasteiger partial charge on any atom is 0.187 e. The first-order valence-corrected chi connectivity index (χ1v) is 27.9. The summed E-state index contributed by atoms with van der Waals surface area (Å²) in [4.78, 5) is 0. The van der Waals surface area contributed by atoms with Gasteiger partial charge in [0.15, 0.2) is 30.9 Å². The highest BCUT2D eigenvalue weighted by atomic mass is 16.8. The lowest BCUT2D eigenvalue weighted by atomic mass is 9.35. The zero-order valence-electron chi connectivity index (χ0n) is 45.2. The minimum Gasteiger partial charge on any atom is -0.394 e. The monoisotopic (exact) mass is 1090 g/mol. The molecule has 0 amide bonds. The van der Waals surface area contributed by atoms with Crippen molar-refractivity contribution in [3.63, 3.8) is 0 Å². The number of ether oxygens (including phenoxy) is 10. The third-order valence-corrected chi connectivity index (χ3v) is 21.7. The lowest BCUT2D eigenvalue weighted by Gasteiger charge is -2.70. The predicted octanol–water partition coefficient (Wildman–Crippen LogP) is -0.935. The van der Waals surface area contributed by atoms with Gasteiger partial charge in [-0.1, -0.05) is 46.8 Å². The Bertz CT molecular complexity index is 2080. The Hall–Kier alpha value is -1.14. The van der Waals surface area contributed by atoms with Crippen LogP contribution in [-0.2, 0) is 47.4 Å². The first-order valence-electron chi connectivity index (χ1n) is 27.9. The van der Waals surface area contributed by atoms with Gasteiger partial charge in [0.25, 0.3) is 0 Å². The van der Waals surface area contributed by atoms with Crippen LogP contribution >= 0.6 is 0 Å². The van der Waals surface area contributed by atoms with E-state index >= 15 is 0 Å². The topological polar surface area (TPSA) is 335 Å². The first kappa shape index (κ1) is 58.1. The van der Waals surface area contributed by atoms with Gasteiger partial charge < -0.3 is 109 Å². The average Bonchev–Trinajstić information content (AvgIpc) is 4.13. The molecule has 6 heterocycles. The van der Waals surface area contributed by atoms with Gasteiger partial charge in [-0.2, -0.15) is 0 Å². The third kappa shape index (κ3) is 8.96. The predicted molar refractivity (Wildman–Crippen MR) is 261 cm³/mol. The van der Waals surface area contributed by atoms with Gasteiger partial charge in [0, 0.05) is 17.8 Å². The lowest BCUT2D eigenvalue weighted by molar-refractivity contribution is -0.399. The molecule has 10 aliphatic rings. The zero-order valence-corrected chi connectivity index (χ0v) is 45.2. The van der Waals surface area contributed by atoms with Crippen LogP contribution in [0, 0.1) is 51.2 Å². The van der Waals surface area contributed by atoms with E-state index < -0.39 is 153 Å². The summed E-state index contributed by atoms with van der Waals surface area (Å²) < 4.78 is 62.8. The van der Waals surface area contributed by atoms with Crippen molar-refractivity contribution >= 4 is 0 Å². The maximum atomic E-state index is 12.5. The molecule has 4 aliphatic carbocycles. The van der Waals surface area contributed by atoms with Crippen LogP contribution in [0.4, 0.5) is 0 Å². The molecule has 436 valence electrons. The Morgan fingerprint density at radius 1 is 0.684 bits per heavy atom. The highest BCUT2D eigenvalue weighted by Crippen LogP contribution is 2.81. The molecule has 10 fully saturated rings. The van der Waals surface area contributed by atoms with Crippen molar-refractivity contribution in [2.24, 2.45) is 51.2 Å². The molecule has 2 spiro atoms. The Balaban J connectivity index is 0.900. The van der Waals surface area contributed by atoms with Crippen molar-refractivity contribution in [3.05, 3.63) is 12.2 Å². The molecule has 6 aliphatic heterocycles. The standard InChI is InChI=1S/C54H88O22/c1-22(2)23(3)16-32-52(9,66)44-25-10-11-30-50(7)14-13-31(49(5,6)29(50)12-15-51(30,8)53(25)20-54(44,76-32)69-21-53)73-48-43(75-46-40(64)37(61)33(57)24(4)70-46)42(36(60)27(17-55)71-48)74-47-41(65)38(62)35(59)28(72-47)19-68-45-39(63)34(58)26(56)18-67-45/h23-48,55-66H,1,10-21H2,2-9H3/t23-,24-,25+,26+,27+,28+,29-,30+,31-,32+,33-,34-,35+,36-,37+,38-,39+,40+,41+,42-,43+,44+,45-,46-,47-,48-,50-,51+,52-,53+,54+/m0/s1. The second-order valence-electron chi connectivity index (χ2n) is 26.2. The van der Waals surface area contributed by atoms with E-state index in [1.165, 1.54) is 6.92 Å². The number of hydrogen-bond acceptors (Lipinski definition) is 22. The second kappa shape index (κ2) is 20.6. The summed E-state index contributed by atoms with van der Waals surface area (Å²) in [5, 5.41) is 132. The molecule has 0 aromatic carbocycles. The van der Waals surface area contributed by atoms with Gasteiger partial charge in [0.2, 0.25) is 0 Å². The van der Waals surface area contributed by atoms with Crippen LogP contribution < -0.4 is 0 Å². The molecule has 2 bridgehead atoms. The van der Waals surface area contributed by atoms with Crippen LogP contribution in [0.25, 0.3) is 0 Å². The lowest BCUT2D eigenvalue weighted by Crippen LogP contribution is -2.68. The molecule has 76 heavy (non-hydrogen) atoms. The van der Waals surface area contributed by atoms with Gasteiger partial charge >= 0.3 is 0 Å². The van der Waals surface area contributed by atoms with E-state index in [9.17, 15) is 61.3 Å². The fourth-order valence-corrected chi connectivity index (χ4v) is 17.2. The van der Waals surface area contributed by atoms with Gasteiger partial charge in [-0.05, 0) is 106 Å². The second-order valence-corrected chi connectivity index (χ2v) is 26.2. The molecule has 4 saturated carbocycles. The summed E-state index contributed by atoms with van der Waals surface area (Å²) in [6.07, 6.45) is -25.5. The SMILES string of the molecule is C=C(C)[C@@H](C)C[C@H]1O[C@@]23C[C@@]4(CO2)[C@H](CC[C@@H]2[C@@]5(C)CC[C@H](O[C@@H]6O[C@H](CO)[C@H](O)[C@H](O[C@@H]7O[C@H](CO[C@@H]8OC[C@@H](O)[C@H](O)[C@H]8O)[C@@H](O)[C@H](O)[C@H]7O)[C@H]6O[C@@H]6O[C@@H](C)[C@H](O)[C@@H](O)[C@H]6O)C(C)(C)[C@@H]5CC[C@]24C)[C@@H]3[C@@]1(C)O. The van der Waals surface area contributed by atoms with Gasteiger partial charge in [-0.15, -0.1) is 0 Å². The van der Waals surface area contributed by atoms with Crippen molar-refractivity contribution in [3.8, 4) is 0 Å².